The van der Waals surface area contributed by atoms with Crippen LogP contribution in [0.5, 0.6) is 0 Å². The number of hydrogen-bond acceptors (Lipinski definition) is 4. The maximum Gasteiger partial charge on any atom is 0.408 e. The Morgan fingerprint density at radius 1 is 1.05 bits per heavy atom. The first-order valence-electron chi connectivity index (χ1n) is 13.3. The van der Waals surface area contributed by atoms with E-state index in [-0.39, 0.29) is 18.9 Å². The molecule has 206 valence electrons. The fourth-order valence-electron chi connectivity index (χ4n) is 4.29. The number of nitrogens with zero attached hydrogens (tertiary/aromatic N) is 1. The molecule has 0 aromatic heterocycles. The average molecular weight is 522 g/mol. The molecule has 0 bridgehead atoms. The summed E-state index contributed by atoms with van der Waals surface area (Å²) in [5, 5.41) is 5.76. The van der Waals surface area contributed by atoms with Gasteiger partial charge in [0.2, 0.25) is 11.8 Å². The third kappa shape index (κ3) is 9.69. The van der Waals surface area contributed by atoms with Crippen LogP contribution in [0.1, 0.15) is 68.8 Å². The molecule has 0 fully saturated rings. The number of benzene rings is 2. The molecule has 0 heterocycles. The number of hydrogen-bond donors (Lipinski definition) is 2. The van der Waals surface area contributed by atoms with Gasteiger partial charge < -0.3 is 20.3 Å². The van der Waals surface area contributed by atoms with E-state index in [2.05, 4.69) is 24.1 Å². The highest BCUT2D eigenvalue weighted by atomic mass is 16.6. The number of amides is 3. The topological polar surface area (TPSA) is 87.7 Å². The van der Waals surface area contributed by atoms with Crippen LogP contribution in [-0.4, -0.2) is 47.5 Å². The van der Waals surface area contributed by atoms with Gasteiger partial charge >= 0.3 is 6.09 Å². The molecular formula is C31H43N3O4. The molecule has 0 saturated carbocycles. The highest BCUT2D eigenvalue weighted by Crippen LogP contribution is 2.25. The van der Waals surface area contributed by atoms with Crippen LogP contribution in [-0.2, 0) is 20.7 Å². The van der Waals surface area contributed by atoms with Crippen molar-refractivity contribution >= 4 is 17.9 Å². The summed E-state index contributed by atoms with van der Waals surface area (Å²) in [6.45, 7) is 15.8. The van der Waals surface area contributed by atoms with E-state index < -0.39 is 29.7 Å². The zero-order valence-electron chi connectivity index (χ0n) is 23.7. The van der Waals surface area contributed by atoms with Gasteiger partial charge in [-0.15, -0.1) is 6.58 Å². The fraction of sp³-hybridized carbons (Fsp3) is 0.452. The molecule has 2 aromatic carbocycles. The van der Waals surface area contributed by atoms with Crippen molar-refractivity contribution in [1.82, 2.24) is 15.5 Å². The molecule has 7 heteroatoms. The summed E-state index contributed by atoms with van der Waals surface area (Å²) in [6.07, 6.45) is 2.91. The zero-order valence-corrected chi connectivity index (χ0v) is 23.7. The summed E-state index contributed by atoms with van der Waals surface area (Å²) in [4.78, 5) is 42.1. The summed E-state index contributed by atoms with van der Waals surface area (Å²) < 4.78 is 5.47. The van der Waals surface area contributed by atoms with Gasteiger partial charge in [-0.3, -0.25) is 9.59 Å². The number of rotatable bonds is 12. The van der Waals surface area contributed by atoms with Gasteiger partial charge in [0.1, 0.15) is 17.7 Å². The van der Waals surface area contributed by atoms with Crippen molar-refractivity contribution in [3.63, 3.8) is 0 Å². The van der Waals surface area contributed by atoms with Crippen molar-refractivity contribution in [2.24, 2.45) is 0 Å². The van der Waals surface area contributed by atoms with Gasteiger partial charge in [-0.25, -0.2) is 4.79 Å². The maximum absolute atomic E-state index is 14.2. The zero-order chi connectivity index (χ0) is 28.3. The van der Waals surface area contributed by atoms with Gasteiger partial charge in [0, 0.05) is 19.5 Å². The summed E-state index contributed by atoms with van der Waals surface area (Å²) in [5.74, 6) is -0.663. The third-order valence-corrected chi connectivity index (χ3v) is 5.83. The number of carbonyl (C=O) groups is 3. The lowest BCUT2D eigenvalue weighted by molar-refractivity contribution is -0.141. The molecule has 0 saturated heterocycles. The smallest absolute Gasteiger partial charge is 0.408 e. The Balaban J connectivity index is 2.52. The van der Waals surface area contributed by atoms with E-state index in [1.54, 1.807) is 26.8 Å². The van der Waals surface area contributed by atoms with Crippen molar-refractivity contribution < 1.29 is 19.1 Å². The van der Waals surface area contributed by atoms with E-state index in [1.807, 2.05) is 62.4 Å². The van der Waals surface area contributed by atoms with Gasteiger partial charge in [0.15, 0.2) is 0 Å². The first-order chi connectivity index (χ1) is 17.9. The number of ether oxygens (including phenoxy) is 1. The summed E-state index contributed by atoms with van der Waals surface area (Å²) in [5.41, 5.74) is 2.83. The second-order valence-corrected chi connectivity index (χ2v) is 10.6. The monoisotopic (exact) mass is 521 g/mol. The Hall–Kier alpha value is -3.61. The molecule has 2 atom stereocenters. The SMILES string of the molecule is C=CCN(C(=O)C(Cc1ccccc1)NC(=O)OC(C)(C)C)C(C(=O)NCCCC)c1cc(C)cc(C)c1. The molecule has 2 N–H and O–H groups in total. The van der Waals surface area contributed by atoms with Crippen LogP contribution in [0.3, 0.4) is 0 Å². The van der Waals surface area contributed by atoms with Crippen LogP contribution in [0.2, 0.25) is 0 Å². The van der Waals surface area contributed by atoms with Crippen molar-refractivity contribution in [3.8, 4) is 0 Å². The maximum atomic E-state index is 14.2. The van der Waals surface area contributed by atoms with Crippen LogP contribution in [0.4, 0.5) is 4.79 Å². The van der Waals surface area contributed by atoms with Crippen molar-refractivity contribution in [3.05, 3.63) is 83.4 Å². The lowest BCUT2D eigenvalue weighted by atomic mass is 9.97. The molecule has 2 unspecified atom stereocenters. The number of unbranched alkanes of at least 4 members (excludes halogenated alkanes) is 1. The number of alkyl carbamates (subject to hydrolysis) is 1. The minimum Gasteiger partial charge on any atom is -0.444 e. The minimum absolute atomic E-state index is 0.124. The summed E-state index contributed by atoms with van der Waals surface area (Å²) >= 11 is 0. The van der Waals surface area contributed by atoms with E-state index in [1.165, 1.54) is 4.90 Å². The molecule has 0 aliphatic carbocycles. The molecule has 3 amide bonds. The van der Waals surface area contributed by atoms with E-state index in [9.17, 15) is 14.4 Å². The lowest BCUT2D eigenvalue weighted by Gasteiger charge is -2.34. The first kappa shape index (κ1) is 30.6. The van der Waals surface area contributed by atoms with E-state index in [4.69, 9.17) is 4.74 Å². The Kier molecular flexibility index (Phi) is 11.6. The predicted octanol–water partition coefficient (Wildman–Crippen LogP) is 5.41. The Bertz CT molecular complexity index is 1070. The summed E-state index contributed by atoms with van der Waals surface area (Å²) in [7, 11) is 0. The predicted molar refractivity (Wildman–Crippen MR) is 152 cm³/mol. The first-order valence-corrected chi connectivity index (χ1v) is 13.3. The van der Waals surface area contributed by atoms with E-state index in [0.717, 1.165) is 29.5 Å². The molecule has 38 heavy (non-hydrogen) atoms. The molecular weight excluding hydrogens is 478 g/mol. The van der Waals surface area contributed by atoms with Gasteiger partial charge in [0.05, 0.1) is 0 Å². The van der Waals surface area contributed by atoms with E-state index in [0.29, 0.717) is 12.1 Å². The average Bonchev–Trinajstić information content (AvgIpc) is 2.82. The minimum atomic E-state index is -0.955. The van der Waals surface area contributed by atoms with Crippen molar-refractivity contribution in [1.29, 1.82) is 0 Å². The van der Waals surface area contributed by atoms with Gasteiger partial charge in [0.25, 0.3) is 0 Å². The highest BCUT2D eigenvalue weighted by Gasteiger charge is 2.36. The highest BCUT2D eigenvalue weighted by molar-refractivity contribution is 5.92. The van der Waals surface area contributed by atoms with Gasteiger partial charge in [-0.1, -0.05) is 79.1 Å². The quantitative estimate of drug-likeness (QED) is 0.289. The normalized spacial score (nSPS) is 12.7. The molecule has 0 aliphatic rings. The second kappa shape index (κ2) is 14.4. The number of nitrogens with one attached hydrogen (secondary N) is 2. The van der Waals surface area contributed by atoms with Crippen LogP contribution in [0, 0.1) is 13.8 Å². The van der Waals surface area contributed by atoms with Crippen LogP contribution in [0.25, 0.3) is 0 Å². The standard InChI is InChI=1S/C31H43N3O4/c1-8-10-16-32-28(35)27(25-19-22(3)18-23(4)20-25)34(17-9-2)29(36)26(21-24-14-12-11-13-15-24)33-30(37)38-31(5,6)7/h9,11-15,18-20,26-27H,2,8,10,16-17,21H2,1,3-7H3,(H,32,35)(H,33,37). The van der Waals surface area contributed by atoms with E-state index >= 15 is 0 Å². The number of aryl methyl sites for hydroxylation is 2. The molecule has 0 aliphatic heterocycles. The van der Waals surface area contributed by atoms with Gasteiger partial charge in [-0.2, -0.15) is 0 Å². The Morgan fingerprint density at radius 2 is 1.68 bits per heavy atom. The van der Waals surface area contributed by atoms with Crippen LogP contribution in [0.15, 0.2) is 61.2 Å². The molecule has 7 nitrogen and oxygen atoms in total. The third-order valence-electron chi connectivity index (χ3n) is 5.83. The van der Waals surface area contributed by atoms with Crippen LogP contribution >= 0.6 is 0 Å². The van der Waals surface area contributed by atoms with Crippen molar-refractivity contribution in [2.75, 3.05) is 13.1 Å². The number of carbonyl (C=O) groups excluding carboxylic acids is 3. The second-order valence-electron chi connectivity index (χ2n) is 10.6. The van der Waals surface area contributed by atoms with Gasteiger partial charge in [-0.05, 0) is 52.2 Å². The molecule has 2 aromatic rings. The fourth-order valence-corrected chi connectivity index (χ4v) is 4.29. The van der Waals surface area contributed by atoms with Crippen LogP contribution < -0.4 is 10.6 Å². The van der Waals surface area contributed by atoms with Crippen molar-refractivity contribution in [2.45, 2.75) is 78.5 Å². The molecule has 0 spiro atoms. The largest absolute Gasteiger partial charge is 0.444 e. The molecule has 2 rings (SSSR count). The Morgan fingerprint density at radius 3 is 2.24 bits per heavy atom. The summed E-state index contributed by atoms with van der Waals surface area (Å²) in [6, 6.07) is 13.5. The Labute approximate surface area is 227 Å². The lowest BCUT2D eigenvalue weighted by Crippen LogP contribution is -2.54. The molecule has 0 radical (unpaired) electrons.